The van der Waals surface area contributed by atoms with E-state index in [1.54, 1.807) is 6.20 Å². The van der Waals surface area contributed by atoms with E-state index in [-0.39, 0.29) is 5.97 Å². The second-order valence-corrected chi connectivity index (χ2v) is 6.16. The molecule has 1 fully saturated rings. The summed E-state index contributed by atoms with van der Waals surface area (Å²) in [6.07, 6.45) is 6.75. The van der Waals surface area contributed by atoms with Crippen molar-refractivity contribution in [3.63, 3.8) is 0 Å². The molecule has 2 rings (SSSR count). The summed E-state index contributed by atoms with van der Waals surface area (Å²) < 4.78 is 8.06. The highest BCUT2D eigenvalue weighted by atomic mass is 79.9. The third-order valence-electron chi connectivity index (χ3n) is 3.62. The van der Waals surface area contributed by atoms with E-state index in [0.29, 0.717) is 19.1 Å². The van der Waals surface area contributed by atoms with Crippen molar-refractivity contribution in [2.45, 2.75) is 45.2 Å². The Morgan fingerprint density at radius 3 is 2.85 bits per heavy atom. The van der Waals surface area contributed by atoms with Gasteiger partial charge in [-0.3, -0.25) is 4.68 Å². The molecule has 1 saturated carbocycles. The molecule has 0 radical (unpaired) electrons. The van der Waals surface area contributed by atoms with Gasteiger partial charge in [0, 0.05) is 6.20 Å². The van der Waals surface area contributed by atoms with Crippen LogP contribution < -0.4 is 5.32 Å². The van der Waals surface area contributed by atoms with Gasteiger partial charge in [0.1, 0.15) is 5.54 Å². The van der Waals surface area contributed by atoms with Crippen LogP contribution in [-0.4, -0.2) is 34.4 Å². The van der Waals surface area contributed by atoms with Crippen LogP contribution in [0.3, 0.4) is 0 Å². The second-order valence-electron chi connectivity index (χ2n) is 5.25. The predicted molar refractivity (Wildman–Crippen MR) is 80.3 cm³/mol. The quantitative estimate of drug-likeness (QED) is 0.736. The molecule has 0 aliphatic heterocycles. The van der Waals surface area contributed by atoms with E-state index in [1.165, 1.54) is 0 Å². The monoisotopic (exact) mass is 343 g/mol. The molecule has 5 nitrogen and oxygen atoms in total. The van der Waals surface area contributed by atoms with Gasteiger partial charge in [0.15, 0.2) is 0 Å². The van der Waals surface area contributed by atoms with Crippen molar-refractivity contribution in [3.8, 4) is 0 Å². The van der Waals surface area contributed by atoms with Crippen LogP contribution in [0, 0.1) is 5.92 Å². The molecule has 20 heavy (non-hydrogen) atoms. The average Bonchev–Trinajstić information content (AvgIpc) is 3.19. The fourth-order valence-electron chi connectivity index (χ4n) is 2.50. The summed E-state index contributed by atoms with van der Waals surface area (Å²) >= 11 is 3.39. The highest BCUT2D eigenvalue weighted by Crippen LogP contribution is 2.41. The number of aromatic nitrogens is 2. The van der Waals surface area contributed by atoms with Gasteiger partial charge in [-0.2, -0.15) is 5.10 Å². The van der Waals surface area contributed by atoms with Gasteiger partial charge < -0.3 is 10.1 Å². The number of carbonyl (C=O) groups excluding carboxylic acids is 1. The number of halogens is 1. The lowest BCUT2D eigenvalue weighted by atomic mass is 9.92. The molecule has 1 aliphatic carbocycles. The van der Waals surface area contributed by atoms with Crippen LogP contribution in [0.15, 0.2) is 16.9 Å². The predicted octanol–water partition coefficient (Wildman–Crippen LogP) is 2.36. The van der Waals surface area contributed by atoms with Gasteiger partial charge in [0.05, 0.1) is 23.8 Å². The van der Waals surface area contributed by atoms with Crippen LogP contribution in [0.4, 0.5) is 0 Å². The smallest absolute Gasteiger partial charge is 0.328 e. The van der Waals surface area contributed by atoms with E-state index in [9.17, 15) is 4.79 Å². The van der Waals surface area contributed by atoms with Crippen LogP contribution in [0.2, 0.25) is 0 Å². The molecule has 0 saturated heterocycles. The Hall–Kier alpha value is -0.880. The van der Waals surface area contributed by atoms with Gasteiger partial charge in [0.25, 0.3) is 0 Å². The van der Waals surface area contributed by atoms with Crippen molar-refractivity contribution >= 4 is 21.9 Å². The molecule has 112 valence electrons. The molecule has 1 N–H and O–H groups in total. The Morgan fingerprint density at radius 2 is 2.35 bits per heavy atom. The molecular weight excluding hydrogens is 322 g/mol. The minimum absolute atomic E-state index is 0.150. The molecule has 0 bridgehead atoms. The fraction of sp³-hybridized carbons (Fsp3) is 0.714. The van der Waals surface area contributed by atoms with Crippen molar-refractivity contribution in [3.05, 3.63) is 16.9 Å². The van der Waals surface area contributed by atoms with E-state index < -0.39 is 5.54 Å². The number of nitrogens with one attached hydrogen (secondary N) is 1. The van der Waals surface area contributed by atoms with Crippen LogP contribution in [-0.2, 0) is 16.1 Å². The molecule has 1 heterocycles. The minimum Gasteiger partial charge on any atom is -0.465 e. The third-order valence-corrected chi connectivity index (χ3v) is 4.03. The number of hydrogen-bond donors (Lipinski definition) is 1. The number of rotatable bonds is 8. The number of esters is 1. The lowest BCUT2D eigenvalue weighted by Gasteiger charge is -2.32. The summed E-state index contributed by atoms with van der Waals surface area (Å²) in [6, 6.07) is 0. The highest BCUT2D eigenvalue weighted by Gasteiger charge is 2.52. The maximum absolute atomic E-state index is 12.5. The Bertz CT molecular complexity index is 459. The van der Waals surface area contributed by atoms with E-state index >= 15 is 0 Å². The summed E-state index contributed by atoms with van der Waals surface area (Å²) in [5.41, 5.74) is -0.641. The van der Waals surface area contributed by atoms with Gasteiger partial charge >= 0.3 is 5.97 Å². The van der Waals surface area contributed by atoms with Crippen molar-refractivity contribution in [1.82, 2.24) is 15.1 Å². The van der Waals surface area contributed by atoms with Crippen LogP contribution >= 0.6 is 15.9 Å². The second kappa shape index (κ2) is 6.72. The normalized spacial score (nSPS) is 17.8. The van der Waals surface area contributed by atoms with Crippen molar-refractivity contribution in [1.29, 1.82) is 0 Å². The molecule has 0 amide bonds. The van der Waals surface area contributed by atoms with E-state index in [2.05, 4.69) is 33.3 Å². The lowest BCUT2D eigenvalue weighted by Crippen LogP contribution is -2.58. The van der Waals surface area contributed by atoms with Crippen molar-refractivity contribution in [2.24, 2.45) is 5.92 Å². The van der Waals surface area contributed by atoms with Gasteiger partial charge in [-0.1, -0.05) is 6.92 Å². The third kappa shape index (κ3) is 3.41. The summed E-state index contributed by atoms with van der Waals surface area (Å²) in [6.45, 7) is 5.67. The van der Waals surface area contributed by atoms with Gasteiger partial charge in [-0.05, 0) is 54.6 Å². The number of hydrogen-bond acceptors (Lipinski definition) is 4. The SMILES string of the molecule is CCCNC(Cn1cc(Br)cn1)(C(=O)OCC)C1CC1. The zero-order chi connectivity index (χ0) is 14.6. The van der Waals surface area contributed by atoms with E-state index in [4.69, 9.17) is 4.74 Å². The van der Waals surface area contributed by atoms with Crippen LogP contribution in [0.1, 0.15) is 33.1 Å². The van der Waals surface area contributed by atoms with Crippen molar-refractivity contribution < 1.29 is 9.53 Å². The molecule has 6 heteroatoms. The molecule has 0 aromatic carbocycles. The van der Waals surface area contributed by atoms with Gasteiger partial charge in [0.2, 0.25) is 0 Å². The van der Waals surface area contributed by atoms with Crippen LogP contribution in [0.25, 0.3) is 0 Å². The number of ether oxygens (including phenoxy) is 1. The first-order valence-electron chi connectivity index (χ1n) is 7.22. The van der Waals surface area contributed by atoms with E-state index in [0.717, 1.165) is 30.3 Å². The zero-order valence-corrected chi connectivity index (χ0v) is 13.6. The van der Waals surface area contributed by atoms with Gasteiger partial charge in [-0.25, -0.2) is 4.79 Å². The zero-order valence-electron chi connectivity index (χ0n) is 12.1. The molecule has 1 unspecified atom stereocenters. The Kier molecular flexibility index (Phi) is 5.21. The summed E-state index contributed by atoms with van der Waals surface area (Å²) in [5.74, 6) is 0.193. The average molecular weight is 344 g/mol. The molecule has 0 spiro atoms. The lowest BCUT2D eigenvalue weighted by molar-refractivity contribution is -0.153. The Labute approximate surface area is 128 Å². The summed E-state index contributed by atoms with van der Waals surface area (Å²) in [4.78, 5) is 12.5. The Morgan fingerprint density at radius 1 is 1.60 bits per heavy atom. The first-order valence-corrected chi connectivity index (χ1v) is 8.02. The van der Waals surface area contributed by atoms with Crippen molar-refractivity contribution in [2.75, 3.05) is 13.2 Å². The highest BCUT2D eigenvalue weighted by molar-refractivity contribution is 9.10. The molecular formula is C14H22BrN3O2. The van der Waals surface area contributed by atoms with E-state index in [1.807, 2.05) is 17.8 Å². The summed E-state index contributed by atoms with van der Waals surface area (Å²) in [5, 5.41) is 7.72. The first kappa shape index (κ1) is 15.5. The molecule has 1 aliphatic rings. The molecule has 1 aromatic rings. The topological polar surface area (TPSA) is 56.2 Å². The fourth-order valence-corrected chi connectivity index (χ4v) is 2.83. The maximum Gasteiger partial charge on any atom is 0.328 e. The number of nitrogens with zero attached hydrogens (tertiary/aromatic N) is 2. The largest absolute Gasteiger partial charge is 0.465 e. The Balaban J connectivity index is 2.22. The summed E-state index contributed by atoms with van der Waals surface area (Å²) in [7, 11) is 0. The van der Waals surface area contributed by atoms with Crippen LogP contribution in [0.5, 0.6) is 0 Å². The standard InChI is InChI=1S/C14H22BrN3O2/c1-3-7-16-14(11-5-6-11,13(19)20-4-2)10-18-9-12(15)8-17-18/h8-9,11,16H,3-7,10H2,1-2H3. The minimum atomic E-state index is -0.641. The first-order chi connectivity index (χ1) is 9.62. The van der Waals surface area contributed by atoms with Gasteiger partial charge in [-0.15, -0.1) is 0 Å². The number of carbonyl (C=O) groups is 1. The molecule has 1 atom stereocenters. The molecule has 1 aromatic heterocycles. The maximum atomic E-state index is 12.5.